The normalized spacial score (nSPS) is 19.3. The van der Waals surface area contributed by atoms with Gasteiger partial charge in [-0.05, 0) is 66.4 Å². The second-order valence-corrected chi connectivity index (χ2v) is 11.0. The SMILES string of the molecule is Cc1cc2[nH]ncc2cc1-c1ccc(S(=O)(=O)N2CC[C@@H](Nc3ccc(C(F)(F)F)cn3)[C@@H](O)C2)cc1. The molecule has 194 valence electrons. The molecule has 12 heteroatoms. The number of alkyl halides is 3. The van der Waals surface area contributed by atoms with E-state index in [1.807, 2.05) is 19.1 Å². The van der Waals surface area contributed by atoms with Crippen molar-refractivity contribution in [3.63, 3.8) is 0 Å². The van der Waals surface area contributed by atoms with Crippen molar-refractivity contribution in [1.82, 2.24) is 19.5 Å². The van der Waals surface area contributed by atoms with Crippen LogP contribution in [0.1, 0.15) is 17.5 Å². The van der Waals surface area contributed by atoms with Crippen molar-refractivity contribution in [2.24, 2.45) is 0 Å². The van der Waals surface area contributed by atoms with Crippen molar-refractivity contribution in [1.29, 1.82) is 0 Å². The number of aromatic nitrogens is 3. The predicted octanol–water partition coefficient (Wildman–Crippen LogP) is 4.19. The fraction of sp³-hybridized carbons (Fsp3) is 0.280. The van der Waals surface area contributed by atoms with Crippen molar-refractivity contribution in [2.75, 3.05) is 18.4 Å². The molecule has 0 aliphatic carbocycles. The Hall–Kier alpha value is -3.48. The predicted molar refractivity (Wildman–Crippen MR) is 132 cm³/mol. The highest BCUT2D eigenvalue weighted by atomic mass is 32.2. The Labute approximate surface area is 211 Å². The van der Waals surface area contributed by atoms with Crippen molar-refractivity contribution < 1.29 is 26.7 Å². The standard InChI is InChI=1S/C25H24F3N5O3S/c1-15-10-22-17(12-30-32-22)11-20(15)16-2-5-19(6-3-16)37(35,36)33-9-8-21(23(34)14-33)31-24-7-4-18(13-29-24)25(26,27)28/h2-7,10-13,21,23,34H,8-9,14H2,1H3,(H,29,31)(H,30,32)/t21-,23+/m1/s1. The van der Waals surface area contributed by atoms with E-state index in [0.29, 0.717) is 6.20 Å². The molecule has 1 fully saturated rings. The van der Waals surface area contributed by atoms with Gasteiger partial charge in [0.1, 0.15) is 5.82 Å². The first-order chi connectivity index (χ1) is 17.5. The first-order valence-electron chi connectivity index (χ1n) is 11.5. The monoisotopic (exact) mass is 531 g/mol. The lowest BCUT2D eigenvalue weighted by Crippen LogP contribution is -2.51. The maximum Gasteiger partial charge on any atom is 0.417 e. The van der Waals surface area contributed by atoms with Crippen LogP contribution < -0.4 is 5.32 Å². The number of benzene rings is 2. The summed E-state index contributed by atoms with van der Waals surface area (Å²) >= 11 is 0. The van der Waals surface area contributed by atoms with Gasteiger partial charge in [0.15, 0.2) is 0 Å². The largest absolute Gasteiger partial charge is 0.417 e. The Morgan fingerprint density at radius 2 is 1.86 bits per heavy atom. The average molecular weight is 532 g/mol. The molecule has 5 rings (SSSR count). The minimum Gasteiger partial charge on any atom is -0.390 e. The molecule has 1 saturated heterocycles. The molecule has 1 aliphatic rings. The summed E-state index contributed by atoms with van der Waals surface area (Å²) < 4.78 is 65.9. The van der Waals surface area contributed by atoms with Gasteiger partial charge < -0.3 is 10.4 Å². The van der Waals surface area contributed by atoms with Crippen LogP contribution in [0.4, 0.5) is 19.0 Å². The van der Waals surface area contributed by atoms with Crippen molar-refractivity contribution in [2.45, 2.75) is 36.6 Å². The van der Waals surface area contributed by atoms with Crippen LogP contribution in [0.2, 0.25) is 0 Å². The Bertz CT molecular complexity index is 1520. The summed E-state index contributed by atoms with van der Waals surface area (Å²) in [6, 6.07) is 12.1. The molecule has 8 nitrogen and oxygen atoms in total. The molecule has 0 saturated carbocycles. The van der Waals surface area contributed by atoms with Crippen LogP contribution in [0.5, 0.6) is 0 Å². The van der Waals surface area contributed by atoms with Gasteiger partial charge in [0.25, 0.3) is 0 Å². The molecule has 1 aliphatic heterocycles. The number of anilines is 1. The number of aryl methyl sites for hydroxylation is 1. The molecule has 37 heavy (non-hydrogen) atoms. The van der Waals surface area contributed by atoms with Crippen LogP contribution in [-0.2, 0) is 16.2 Å². The number of aliphatic hydroxyl groups excluding tert-OH is 1. The number of nitrogens with zero attached hydrogens (tertiary/aromatic N) is 3. The van der Waals surface area contributed by atoms with Gasteiger partial charge in [-0.25, -0.2) is 13.4 Å². The Balaban J connectivity index is 1.27. The van der Waals surface area contributed by atoms with Crippen molar-refractivity contribution in [3.05, 3.63) is 72.1 Å². The number of sulfonamides is 1. The maximum absolute atomic E-state index is 13.2. The Morgan fingerprint density at radius 1 is 1.11 bits per heavy atom. The molecule has 4 aromatic rings. The van der Waals surface area contributed by atoms with Crippen molar-refractivity contribution >= 4 is 26.7 Å². The fourth-order valence-corrected chi connectivity index (χ4v) is 5.97. The van der Waals surface area contributed by atoms with Crippen LogP contribution in [0.25, 0.3) is 22.0 Å². The van der Waals surface area contributed by atoms with Gasteiger partial charge in [-0.2, -0.15) is 22.6 Å². The zero-order valence-electron chi connectivity index (χ0n) is 19.7. The van der Waals surface area contributed by atoms with E-state index in [4.69, 9.17) is 0 Å². The molecule has 0 bridgehead atoms. The van der Waals surface area contributed by atoms with Gasteiger partial charge in [0.2, 0.25) is 10.0 Å². The summed E-state index contributed by atoms with van der Waals surface area (Å²) in [7, 11) is -3.86. The summed E-state index contributed by atoms with van der Waals surface area (Å²) in [6.07, 6.45) is -2.86. The zero-order chi connectivity index (χ0) is 26.4. The van der Waals surface area contributed by atoms with Crippen LogP contribution in [0, 0.1) is 6.92 Å². The molecule has 0 radical (unpaired) electrons. The van der Waals surface area contributed by atoms with E-state index in [9.17, 15) is 26.7 Å². The zero-order valence-corrected chi connectivity index (χ0v) is 20.5. The number of nitrogens with one attached hydrogen (secondary N) is 2. The van der Waals surface area contributed by atoms with E-state index in [1.165, 1.54) is 10.4 Å². The minimum atomic E-state index is -4.49. The first kappa shape index (κ1) is 25.2. The number of rotatable bonds is 5. The molecule has 2 atom stereocenters. The molecular formula is C25H24F3N5O3S. The van der Waals surface area contributed by atoms with Crippen LogP contribution in [0.3, 0.4) is 0 Å². The number of halogens is 3. The second kappa shape index (κ2) is 9.43. The van der Waals surface area contributed by atoms with Gasteiger partial charge in [0, 0.05) is 24.7 Å². The quantitative estimate of drug-likeness (QED) is 0.356. The topological polar surface area (TPSA) is 111 Å². The summed E-state index contributed by atoms with van der Waals surface area (Å²) in [6.45, 7) is 1.95. The Morgan fingerprint density at radius 3 is 2.51 bits per heavy atom. The van der Waals surface area contributed by atoms with Gasteiger partial charge in [-0.3, -0.25) is 5.10 Å². The minimum absolute atomic E-state index is 0.112. The smallest absolute Gasteiger partial charge is 0.390 e. The van der Waals surface area contributed by atoms with E-state index >= 15 is 0 Å². The van der Waals surface area contributed by atoms with Crippen LogP contribution in [-0.4, -0.2) is 58.2 Å². The van der Waals surface area contributed by atoms with Crippen LogP contribution in [0.15, 0.2) is 65.8 Å². The maximum atomic E-state index is 13.2. The van der Waals surface area contributed by atoms with Crippen LogP contribution >= 0.6 is 0 Å². The van der Waals surface area contributed by atoms with E-state index in [0.717, 1.165) is 33.7 Å². The highest BCUT2D eigenvalue weighted by Crippen LogP contribution is 2.31. The third kappa shape index (κ3) is 5.04. The first-order valence-corrected chi connectivity index (χ1v) is 13.0. The number of β-amino-alcohol motifs (C(OH)–C–C–N with tert-alkyl or cyclic N) is 1. The molecule has 3 heterocycles. The second-order valence-electron chi connectivity index (χ2n) is 9.05. The van der Waals surface area contributed by atoms with Gasteiger partial charge >= 0.3 is 6.18 Å². The molecule has 0 unspecified atom stereocenters. The lowest BCUT2D eigenvalue weighted by molar-refractivity contribution is -0.137. The summed E-state index contributed by atoms with van der Waals surface area (Å²) in [5, 5.41) is 21.4. The fourth-order valence-electron chi connectivity index (χ4n) is 4.49. The summed E-state index contributed by atoms with van der Waals surface area (Å²) in [5.41, 5.74) is 2.91. The number of H-pyrrole nitrogens is 1. The number of aromatic amines is 1. The summed E-state index contributed by atoms with van der Waals surface area (Å²) in [5.74, 6) is 0.174. The molecule has 0 spiro atoms. The highest BCUT2D eigenvalue weighted by molar-refractivity contribution is 7.89. The lowest BCUT2D eigenvalue weighted by atomic mass is 9.99. The number of piperidine rings is 1. The average Bonchev–Trinajstić information content (AvgIpc) is 3.32. The number of aliphatic hydroxyl groups is 1. The number of hydrogen-bond acceptors (Lipinski definition) is 6. The summed E-state index contributed by atoms with van der Waals surface area (Å²) in [4.78, 5) is 3.88. The third-order valence-electron chi connectivity index (χ3n) is 6.56. The van der Waals surface area contributed by atoms with E-state index in [1.54, 1.807) is 30.5 Å². The number of hydrogen-bond donors (Lipinski definition) is 3. The van der Waals surface area contributed by atoms with E-state index in [-0.39, 0.29) is 30.2 Å². The molecule has 0 amide bonds. The molecule has 2 aromatic carbocycles. The Kier molecular flexibility index (Phi) is 6.42. The van der Waals surface area contributed by atoms with Gasteiger partial charge in [-0.1, -0.05) is 12.1 Å². The highest BCUT2D eigenvalue weighted by Gasteiger charge is 2.35. The van der Waals surface area contributed by atoms with Gasteiger partial charge in [0.05, 0.1) is 34.3 Å². The van der Waals surface area contributed by atoms with E-state index < -0.39 is 33.9 Å². The molecule has 3 N–H and O–H groups in total. The third-order valence-corrected chi connectivity index (χ3v) is 8.44. The van der Waals surface area contributed by atoms with E-state index in [2.05, 4.69) is 20.5 Å². The molecular weight excluding hydrogens is 507 g/mol. The van der Waals surface area contributed by atoms with Gasteiger partial charge in [-0.15, -0.1) is 0 Å². The van der Waals surface area contributed by atoms with Crippen molar-refractivity contribution in [3.8, 4) is 11.1 Å². The molecule has 2 aromatic heterocycles. The lowest BCUT2D eigenvalue weighted by Gasteiger charge is -2.35. The number of fused-ring (bicyclic) bond motifs is 1. The number of pyridine rings is 1.